The molecule has 0 amide bonds. The van der Waals surface area contributed by atoms with Gasteiger partial charge in [0, 0.05) is 25.7 Å². The van der Waals surface area contributed by atoms with Crippen LogP contribution in [-0.4, -0.2) is 24.8 Å². The van der Waals surface area contributed by atoms with Gasteiger partial charge in [0.05, 0.1) is 0 Å². The van der Waals surface area contributed by atoms with Crippen molar-refractivity contribution in [2.75, 3.05) is 14.1 Å². The molecular weight excluding hydrogens is 174 g/mol. The summed E-state index contributed by atoms with van der Waals surface area (Å²) < 4.78 is 25.4. The lowest BCUT2D eigenvalue weighted by Crippen LogP contribution is -2.21. The number of amidine groups is 1. The van der Waals surface area contributed by atoms with Gasteiger partial charge in [0.2, 0.25) is 0 Å². The van der Waals surface area contributed by atoms with Crippen molar-refractivity contribution in [1.82, 2.24) is 4.90 Å². The van der Waals surface area contributed by atoms with Crippen LogP contribution in [0.15, 0.2) is 18.2 Å². The van der Waals surface area contributed by atoms with Gasteiger partial charge in [0.1, 0.15) is 17.5 Å². The third kappa shape index (κ3) is 2.24. The maximum absolute atomic E-state index is 12.7. The normalized spacial score (nSPS) is 9.85. The number of hydrogen-bond acceptors (Lipinski definition) is 1. The zero-order valence-electron chi connectivity index (χ0n) is 7.44. The van der Waals surface area contributed by atoms with Gasteiger partial charge in [-0.3, -0.25) is 5.41 Å². The fraction of sp³-hybridized carbons (Fsp3) is 0.222. The van der Waals surface area contributed by atoms with E-state index in [0.29, 0.717) is 0 Å². The lowest BCUT2D eigenvalue weighted by molar-refractivity contribution is 0.578. The highest BCUT2D eigenvalue weighted by atomic mass is 19.1. The van der Waals surface area contributed by atoms with Crippen molar-refractivity contribution in [2.24, 2.45) is 0 Å². The Morgan fingerprint density at radius 3 is 2.00 bits per heavy atom. The molecule has 1 N–H and O–H groups in total. The minimum absolute atomic E-state index is 0.0819. The van der Waals surface area contributed by atoms with E-state index in [1.54, 1.807) is 14.1 Å². The van der Waals surface area contributed by atoms with Crippen molar-refractivity contribution in [3.05, 3.63) is 35.4 Å². The number of benzene rings is 1. The van der Waals surface area contributed by atoms with Gasteiger partial charge in [0.15, 0.2) is 0 Å². The highest BCUT2D eigenvalue weighted by molar-refractivity contribution is 5.95. The standard InChI is InChI=1S/C9H10F2N2/c1-13(2)9(12)6-3-7(10)5-8(11)4-6/h3-5,12H,1-2H3. The Hall–Kier alpha value is -1.45. The first-order valence-electron chi connectivity index (χ1n) is 3.73. The fourth-order valence-corrected chi connectivity index (χ4v) is 0.949. The van der Waals surface area contributed by atoms with Crippen LogP contribution in [0.4, 0.5) is 8.78 Å². The quantitative estimate of drug-likeness (QED) is 0.523. The molecule has 0 aliphatic rings. The van der Waals surface area contributed by atoms with Crippen LogP contribution in [0.1, 0.15) is 5.56 Å². The van der Waals surface area contributed by atoms with E-state index in [4.69, 9.17) is 5.41 Å². The molecule has 0 aromatic heterocycles. The summed E-state index contributed by atoms with van der Waals surface area (Å²) in [7, 11) is 3.29. The van der Waals surface area contributed by atoms with Crippen LogP contribution in [0.3, 0.4) is 0 Å². The number of nitrogens with zero attached hydrogens (tertiary/aromatic N) is 1. The molecule has 0 saturated heterocycles. The molecule has 0 aliphatic carbocycles. The van der Waals surface area contributed by atoms with Crippen molar-refractivity contribution in [2.45, 2.75) is 0 Å². The molecule has 0 aliphatic heterocycles. The monoisotopic (exact) mass is 184 g/mol. The maximum atomic E-state index is 12.7. The maximum Gasteiger partial charge on any atom is 0.127 e. The number of halogens is 2. The predicted octanol–water partition coefficient (Wildman–Crippen LogP) is 1.85. The van der Waals surface area contributed by atoms with Crippen LogP contribution in [0, 0.1) is 17.0 Å². The topological polar surface area (TPSA) is 27.1 Å². The van der Waals surface area contributed by atoms with Crippen molar-refractivity contribution >= 4 is 5.84 Å². The van der Waals surface area contributed by atoms with E-state index >= 15 is 0 Å². The largest absolute Gasteiger partial charge is 0.363 e. The van der Waals surface area contributed by atoms with E-state index in [-0.39, 0.29) is 11.4 Å². The minimum atomic E-state index is -0.665. The molecule has 1 rings (SSSR count). The molecule has 1 aromatic carbocycles. The van der Waals surface area contributed by atoms with Crippen LogP contribution in [-0.2, 0) is 0 Å². The first-order chi connectivity index (χ1) is 6.00. The van der Waals surface area contributed by atoms with Crippen LogP contribution in [0.5, 0.6) is 0 Å². The van der Waals surface area contributed by atoms with Gasteiger partial charge in [0.25, 0.3) is 0 Å². The van der Waals surface area contributed by atoms with Crippen LogP contribution < -0.4 is 0 Å². The molecule has 0 heterocycles. The summed E-state index contributed by atoms with van der Waals surface area (Å²) >= 11 is 0. The van der Waals surface area contributed by atoms with E-state index in [1.165, 1.54) is 4.90 Å². The van der Waals surface area contributed by atoms with Gasteiger partial charge < -0.3 is 4.90 Å². The smallest absolute Gasteiger partial charge is 0.127 e. The van der Waals surface area contributed by atoms with Gasteiger partial charge >= 0.3 is 0 Å². The fourth-order valence-electron chi connectivity index (χ4n) is 0.949. The second kappa shape index (κ2) is 3.51. The van der Waals surface area contributed by atoms with Gasteiger partial charge in [-0.15, -0.1) is 0 Å². The number of hydrogen-bond donors (Lipinski definition) is 1. The summed E-state index contributed by atoms with van der Waals surface area (Å²) in [5.74, 6) is -1.25. The Bertz CT molecular complexity index is 314. The van der Waals surface area contributed by atoms with E-state index in [2.05, 4.69) is 0 Å². The van der Waals surface area contributed by atoms with Gasteiger partial charge in [-0.25, -0.2) is 8.78 Å². The summed E-state index contributed by atoms with van der Waals surface area (Å²) in [5.41, 5.74) is 0.238. The van der Waals surface area contributed by atoms with Crippen LogP contribution in [0.2, 0.25) is 0 Å². The SMILES string of the molecule is CN(C)C(=N)c1cc(F)cc(F)c1. The lowest BCUT2D eigenvalue weighted by atomic mass is 10.2. The van der Waals surface area contributed by atoms with Crippen molar-refractivity contribution < 1.29 is 8.78 Å². The zero-order valence-corrected chi connectivity index (χ0v) is 7.44. The Kier molecular flexibility index (Phi) is 2.60. The van der Waals surface area contributed by atoms with E-state index in [1.807, 2.05) is 0 Å². The third-order valence-electron chi connectivity index (χ3n) is 1.58. The molecule has 13 heavy (non-hydrogen) atoms. The molecule has 0 bridgehead atoms. The second-order valence-corrected chi connectivity index (χ2v) is 2.90. The third-order valence-corrected chi connectivity index (χ3v) is 1.58. The molecule has 0 radical (unpaired) electrons. The van der Waals surface area contributed by atoms with E-state index in [0.717, 1.165) is 18.2 Å². The van der Waals surface area contributed by atoms with Crippen molar-refractivity contribution in [3.8, 4) is 0 Å². The Labute approximate surface area is 75.3 Å². The first-order valence-corrected chi connectivity index (χ1v) is 3.73. The number of rotatable bonds is 1. The summed E-state index contributed by atoms with van der Waals surface area (Å²) in [6, 6.07) is 3.04. The molecule has 4 heteroatoms. The summed E-state index contributed by atoms with van der Waals surface area (Å²) in [4.78, 5) is 1.48. The highest BCUT2D eigenvalue weighted by Gasteiger charge is 2.06. The molecule has 70 valence electrons. The number of nitrogens with one attached hydrogen (secondary N) is 1. The second-order valence-electron chi connectivity index (χ2n) is 2.90. The van der Waals surface area contributed by atoms with Crippen LogP contribution in [0.25, 0.3) is 0 Å². The molecule has 0 fully saturated rings. The molecule has 0 unspecified atom stereocenters. The van der Waals surface area contributed by atoms with Crippen molar-refractivity contribution in [3.63, 3.8) is 0 Å². The lowest BCUT2D eigenvalue weighted by Gasteiger charge is -2.13. The summed E-state index contributed by atoms with van der Waals surface area (Å²) in [6.45, 7) is 0. The Balaban J connectivity index is 3.08. The molecule has 0 atom stereocenters. The Morgan fingerprint density at radius 2 is 1.62 bits per heavy atom. The van der Waals surface area contributed by atoms with E-state index < -0.39 is 11.6 Å². The first kappa shape index (κ1) is 9.64. The zero-order chi connectivity index (χ0) is 10.0. The predicted molar refractivity (Wildman–Crippen MR) is 46.9 cm³/mol. The van der Waals surface area contributed by atoms with E-state index in [9.17, 15) is 8.78 Å². The summed E-state index contributed by atoms with van der Waals surface area (Å²) in [5, 5.41) is 7.47. The van der Waals surface area contributed by atoms with Gasteiger partial charge in [-0.1, -0.05) is 0 Å². The average molecular weight is 184 g/mol. The van der Waals surface area contributed by atoms with Crippen LogP contribution >= 0.6 is 0 Å². The van der Waals surface area contributed by atoms with Crippen molar-refractivity contribution in [1.29, 1.82) is 5.41 Å². The Morgan fingerprint density at radius 1 is 1.15 bits per heavy atom. The molecule has 2 nitrogen and oxygen atoms in total. The minimum Gasteiger partial charge on any atom is -0.363 e. The molecule has 1 aromatic rings. The molecule has 0 spiro atoms. The van der Waals surface area contributed by atoms with Gasteiger partial charge in [-0.2, -0.15) is 0 Å². The molecule has 0 saturated carbocycles. The summed E-state index contributed by atoms with van der Waals surface area (Å²) in [6.07, 6.45) is 0. The van der Waals surface area contributed by atoms with Gasteiger partial charge in [-0.05, 0) is 12.1 Å². The highest BCUT2D eigenvalue weighted by Crippen LogP contribution is 2.09. The average Bonchev–Trinajstić information content (AvgIpc) is 2.01. The molecular formula is C9H10F2N2.